The number of benzene rings is 2. The molecule has 2 aromatic rings. The van der Waals surface area contributed by atoms with Crippen molar-refractivity contribution in [1.82, 2.24) is 0 Å². The molecular weight excluding hydrogens is 180 g/mol. The van der Waals surface area contributed by atoms with Gasteiger partial charge in [-0.1, -0.05) is 24.8 Å². The standard InChI is InChI=1S/C11H9OS/c1-12-10-4-2-8-3-5-11(13)7-9(8)6-10/h2-7H,1H3. The molecule has 0 amide bonds. The van der Waals surface area contributed by atoms with Crippen molar-refractivity contribution in [3.63, 3.8) is 0 Å². The summed E-state index contributed by atoms with van der Waals surface area (Å²) in [6.45, 7) is 0. The first-order valence-corrected chi connectivity index (χ1v) is 4.45. The fraction of sp³-hybridized carbons (Fsp3) is 0.0909. The summed E-state index contributed by atoms with van der Waals surface area (Å²) in [5.74, 6) is 0.869. The second kappa shape index (κ2) is 3.23. The minimum atomic E-state index is 0.862. The number of ether oxygens (including phenoxy) is 1. The van der Waals surface area contributed by atoms with E-state index in [0.717, 1.165) is 16.0 Å². The molecule has 0 fully saturated rings. The van der Waals surface area contributed by atoms with E-state index in [4.69, 9.17) is 17.4 Å². The molecule has 0 atom stereocenters. The third-order valence-corrected chi connectivity index (χ3v) is 2.27. The Hall–Kier alpha value is -1.28. The summed E-state index contributed by atoms with van der Waals surface area (Å²) < 4.78 is 5.13. The van der Waals surface area contributed by atoms with E-state index >= 15 is 0 Å². The number of hydrogen-bond donors (Lipinski definition) is 0. The SMILES string of the molecule is COc1ccc2ccc([S])cc2c1. The zero-order valence-electron chi connectivity index (χ0n) is 7.28. The Morgan fingerprint density at radius 1 is 1.00 bits per heavy atom. The molecule has 0 N–H and O–H groups in total. The third-order valence-electron chi connectivity index (χ3n) is 2.02. The minimum Gasteiger partial charge on any atom is -0.497 e. The van der Waals surface area contributed by atoms with Gasteiger partial charge in [0, 0.05) is 4.90 Å². The molecule has 2 rings (SSSR count). The van der Waals surface area contributed by atoms with E-state index in [9.17, 15) is 0 Å². The van der Waals surface area contributed by atoms with Crippen molar-refractivity contribution in [3.8, 4) is 5.75 Å². The van der Waals surface area contributed by atoms with Crippen molar-refractivity contribution in [3.05, 3.63) is 36.4 Å². The van der Waals surface area contributed by atoms with Crippen molar-refractivity contribution in [2.24, 2.45) is 0 Å². The Labute approximate surface area is 82.7 Å². The summed E-state index contributed by atoms with van der Waals surface area (Å²) in [7, 11) is 1.67. The van der Waals surface area contributed by atoms with Crippen LogP contribution in [0.15, 0.2) is 41.3 Å². The highest BCUT2D eigenvalue weighted by Gasteiger charge is 1.96. The Morgan fingerprint density at radius 3 is 2.54 bits per heavy atom. The number of fused-ring (bicyclic) bond motifs is 1. The van der Waals surface area contributed by atoms with Crippen LogP contribution in [-0.2, 0) is 0 Å². The predicted octanol–water partition coefficient (Wildman–Crippen LogP) is 3.40. The lowest BCUT2D eigenvalue weighted by Crippen LogP contribution is -1.81. The molecule has 0 saturated heterocycles. The van der Waals surface area contributed by atoms with Crippen LogP contribution in [0.3, 0.4) is 0 Å². The van der Waals surface area contributed by atoms with Gasteiger partial charge in [-0.2, -0.15) is 0 Å². The molecule has 0 bridgehead atoms. The summed E-state index contributed by atoms with van der Waals surface area (Å²) in [5.41, 5.74) is 0. The van der Waals surface area contributed by atoms with Gasteiger partial charge in [-0.3, -0.25) is 0 Å². The second-order valence-electron chi connectivity index (χ2n) is 2.87. The van der Waals surface area contributed by atoms with Gasteiger partial charge in [0.15, 0.2) is 0 Å². The van der Waals surface area contributed by atoms with Crippen LogP contribution in [0.4, 0.5) is 0 Å². The topological polar surface area (TPSA) is 9.23 Å². The molecule has 2 heteroatoms. The molecule has 0 heterocycles. The van der Waals surface area contributed by atoms with Gasteiger partial charge in [0.05, 0.1) is 7.11 Å². The van der Waals surface area contributed by atoms with Gasteiger partial charge in [-0.25, -0.2) is 0 Å². The molecule has 13 heavy (non-hydrogen) atoms. The smallest absolute Gasteiger partial charge is 0.119 e. The summed E-state index contributed by atoms with van der Waals surface area (Å²) >= 11 is 5.08. The van der Waals surface area contributed by atoms with E-state index in [2.05, 4.69) is 0 Å². The molecule has 0 unspecified atom stereocenters. The first kappa shape index (κ1) is 8.32. The Kier molecular flexibility index (Phi) is 2.07. The summed E-state index contributed by atoms with van der Waals surface area (Å²) in [6, 6.07) is 11.9. The van der Waals surface area contributed by atoms with Crippen molar-refractivity contribution in [1.29, 1.82) is 0 Å². The highest BCUT2D eigenvalue weighted by molar-refractivity contribution is 7.80. The van der Waals surface area contributed by atoms with E-state index in [1.807, 2.05) is 36.4 Å². The van der Waals surface area contributed by atoms with Crippen LogP contribution in [0.25, 0.3) is 10.8 Å². The molecule has 65 valence electrons. The first-order chi connectivity index (χ1) is 6.29. The molecule has 0 saturated carbocycles. The highest BCUT2D eigenvalue weighted by atomic mass is 32.1. The fourth-order valence-electron chi connectivity index (χ4n) is 1.33. The van der Waals surface area contributed by atoms with Gasteiger partial charge in [0.1, 0.15) is 5.75 Å². The normalized spacial score (nSPS) is 10.2. The summed E-state index contributed by atoms with van der Waals surface area (Å²) in [6.07, 6.45) is 0. The Balaban J connectivity index is 2.68. The lowest BCUT2D eigenvalue weighted by Gasteiger charge is -2.02. The molecule has 2 aromatic carbocycles. The molecule has 0 aliphatic heterocycles. The van der Waals surface area contributed by atoms with E-state index in [0.29, 0.717) is 0 Å². The van der Waals surface area contributed by atoms with Crippen LogP contribution in [-0.4, -0.2) is 7.11 Å². The van der Waals surface area contributed by atoms with E-state index < -0.39 is 0 Å². The molecule has 0 aromatic heterocycles. The van der Waals surface area contributed by atoms with Gasteiger partial charge in [-0.05, 0) is 35.0 Å². The molecular formula is C11H9OS. The monoisotopic (exact) mass is 189 g/mol. The van der Waals surface area contributed by atoms with Gasteiger partial charge < -0.3 is 4.74 Å². The van der Waals surface area contributed by atoms with Gasteiger partial charge in [-0.15, -0.1) is 0 Å². The molecule has 0 spiro atoms. The number of rotatable bonds is 1. The van der Waals surface area contributed by atoms with Crippen molar-refractivity contribution >= 4 is 23.4 Å². The largest absolute Gasteiger partial charge is 0.497 e. The number of hydrogen-bond acceptors (Lipinski definition) is 1. The third kappa shape index (κ3) is 1.58. The lowest BCUT2D eigenvalue weighted by atomic mass is 10.1. The lowest BCUT2D eigenvalue weighted by molar-refractivity contribution is 0.415. The first-order valence-electron chi connectivity index (χ1n) is 4.04. The maximum atomic E-state index is 5.13. The van der Waals surface area contributed by atoms with Crippen molar-refractivity contribution < 1.29 is 4.74 Å². The van der Waals surface area contributed by atoms with Crippen LogP contribution in [0.1, 0.15) is 0 Å². The number of methoxy groups -OCH3 is 1. The minimum absolute atomic E-state index is 0.862. The summed E-state index contributed by atoms with van der Waals surface area (Å²) in [5, 5.41) is 2.32. The van der Waals surface area contributed by atoms with Crippen LogP contribution in [0.2, 0.25) is 0 Å². The average Bonchev–Trinajstić information content (AvgIpc) is 2.16. The van der Waals surface area contributed by atoms with E-state index in [1.165, 1.54) is 5.39 Å². The van der Waals surface area contributed by atoms with Crippen molar-refractivity contribution in [2.75, 3.05) is 7.11 Å². The molecule has 0 aliphatic rings. The van der Waals surface area contributed by atoms with Crippen molar-refractivity contribution in [2.45, 2.75) is 4.90 Å². The summed E-state index contributed by atoms with van der Waals surface area (Å²) in [4.78, 5) is 0.862. The van der Waals surface area contributed by atoms with E-state index in [-0.39, 0.29) is 0 Å². The zero-order valence-corrected chi connectivity index (χ0v) is 8.10. The maximum Gasteiger partial charge on any atom is 0.119 e. The van der Waals surface area contributed by atoms with Crippen LogP contribution >= 0.6 is 12.6 Å². The quantitative estimate of drug-likeness (QED) is 0.668. The second-order valence-corrected chi connectivity index (χ2v) is 3.35. The van der Waals surface area contributed by atoms with Crippen LogP contribution in [0.5, 0.6) is 5.75 Å². The predicted molar refractivity (Wildman–Crippen MR) is 56.4 cm³/mol. The zero-order chi connectivity index (χ0) is 9.26. The van der Waals surface area contributed by atoms with Crippen LogP contribution < -0.4 is 4.74 Å². The van der Waals surface area contributed by atoms with E-state index in [1.54, 1.807) is 7.11 Å². The van der Waals surface area contributed by atoms with Crippen LogP contribution in [0, 0.1) is 0 Å². The molecule has 1 radical (unpaired) electrons. The average molecular weight is 189 g/mol. The highest BCUT2D eigenvalue weighted by Crippen LogP contribution is 2.22. The maximum absolute atomic E-state index is 5.13. The van der Waals surface area contributed by atoms with Gasteiger partial charge in [0.25, 0.3) is 0 Å². The van der Waals surface area contributed by atoms with Gasteiger partial charge in [0.2, 0.25) is 0 Å². The fourth-order valence-corrected chi connectivity index (χ4v) is 1.52. The van der Waals surface area contributed by atoms with Gasteiger partial charge >= 0.3 is 0 Å². The molecule has 0 aliphatic carbocycles. The molecule has 1 nitrogen and oxygen atoms in total. The Morgan fingerprint density at radius 2 is 1.77 bits per heavy atom. The Bertz CT molecular complexity index is 437.